The molecule has 1 fully saturated rings. The fourth-order valence-corrected chi connectivity index (χ4v) is 3.05. The monoisotopic (exact) mass is 298 g/mol. The van der Waals surface area contributed by atoms with E-state index in [0.29, 0.717) is 18.8 Å². The summed E-state index contributed by atoms with van der Waals surface area (Å²) in [5, 5.41) is 11.6. The van der Waals surface area contributed by atoms with Crippen molar-refractivity contribution in [1.29, 1.82) is 0 Å². The number of nitrogens with two attached hydrogens (primary N) is 1. The average Bonchev–Trinajstić information content (AvgIpc) is 2.80. The van der Waals surface area contributed by atoms with Crippen molar-refractivity contribution in [2.24, 2.45) is 5.73 Å². The second-order valence-electron chi connectivity index (χ2n) is 5.07. The van der Waals surface area contributed by atoms with Gasteiger partial charge in [0.2, 0.25) is 0 Å². The first-order valence-electron chi connectivity index (χ1n) is 6.95. The van der Waals surface area contributed by atoms with Crippen molar-refractivity contribution in [3.8, 4) is 0 Å². The minimum atomic E-state index is -0.134. The first-order chi connectivity index (χ1) is 9.61. The lowest BCUT2D eigenvalue weighted by Crippen LogP contribution is -2.36. The molecule has 3 N–H and O–H groups in total. The third-order valence-corrected chi connectivity index (χ3v) is 4.47. The first-order valence-corrected chi connectivity index (χ1v) is 7.83. The van der Waals surface area contributed by atoms with Gasteiger partial charge >= 0.3 is 0 Å². The molecular weight excluding hydrogens is 276 g/mol. The molecule has 0 saturated carbocycles. The number of carbonyl (C=O) groups is 1. The molecule has 0 aromatic carbocycles. The second kappa shape index (κ2) is 7.12. The van der Waals surface area contributed by atoms with Crippen molar-refractivity contribution in [3.05, 3.63) is 16.1 Å². The topological polar surface area (TPSA) is 82.7 Å². The molecule has 1 unspecified atom stereocenters. The highest BCUT2D eigenvalue weighted by Crippen LogP contribution is 2.17. The fraction of sp³-hybridized carbons (Fsp3) is 0.692. The zero-order valence-corrected chi connectivity index (χ0v) is 12.6. The smallest absolute Gasteiger partial charge is 0.273 e. The lowest BCUT2D eigenvalue weighted by Gasteiger charge is -2.20. The maximum atomic E-state index is 12.4. The standard InChI is InChI=1S/C13H22N4O2S/c1-10(14)12-15-11(9-20-12)13(19)17-4-2-3-16(5-6-17)7-8-18/h9-10,18H,2-8,14H2,1H3. The molecule has 0 aliphatic carbocycles. The highest BCUT2D eigenvalue weighted by atomic mass is 32.1. The average molecular weight is 298 g/mol. The van der Waals surface area contributed by atoms with Gasteiger partial charge in [0.05, 0.1) is 12.6 Å². The van der Waals surface area contributed by atoms with Crippen molar-refractivity contribution < 1.29 is 9.90 Å². The van der Waals surface area contributed by atoms with Crippen LogP contribution in [0.1, 0.15) is 34.9 Å². The Kier molecular flexibility index (Phi) is 5.47. The van der Waals surface area contributed by atoms with Crippen molar-refractivity contribution >= 4 is 17.2 Å². The van der Waals surface area contributed by atoms with E-state index in [1.807, 2.05) is 11.8 Å². The van der Waals surface area contributed by atoms with Crippen LogP contribution < -0.4 is 5.73 Å². The summed E-state index contributed by atoms with van der Waals surface area (Å²) in [6, 6.07) is -0.134. The number of thiazole rings is 1. The van der Waals surface area contributed by atoms with Crippen LogP contribution in [-0.2, 0) is 0 Å². The van der Waals surface area contributed by atoms with E-state index in [9.17, 15) is 4.79 Å². The maximum Gasteiger partial charge on any atom is 0.273 e. The summed E-state index contributed by atoms with van der Waals surface area (Å²) in [5.74, 6) is -0.0148. The summed E-state index contributed by atoms with van der Waals surface area (Å²) in [6.07, 6.45) is 0.927. The van der Waals surface area contributed by atoms with Crippen molar-refractivity contribution in [1.82, 2.24) is 14.8 Å². The van der Waals surface area contributed by atoms with Gasteiger partial charge in [-0.3, -0.25) is 9.69 Å². The second-order valence-corrected chi connectivity index (χ2v) is 5.96. The predicted molar refractivity (Wildman–Crippen MR) is 78.8 cm³/mol. The van der Waals surface area contributed by atoms with E-state index in [1.54, 1.807) is 5.38 Å². The molecule has 1 aliphatic rings. The highest BCUT2D eigenvalue weighted by Gasteiger charge is 2.22. The highest BCUT2D eigenvalue weighted by molar-refractivity contribution is 7.09. The molecule has 2 heterocycles. The van der Waals surface area contributed by atoms with Gasteiger partial charge in [-0.2, -0.15) is 0 Å². The van der Waals surface area contributed by atoms with Gasteiger partial charge in [0, 0.05) is 31.6 Å². The summed E-state index contributed by atoms with van der Waals surface area (Å²) >= 11 is 1.44. The molecule has 7 heteroatoms. The number of aliphatic hydroxyl groups is 1. The van der Waals surface area contributed by atoms with Crippen LogP contribution in [0.4, 0.5) is 0 Å². The number of nitrogens with zero attached hydrogens (tertiary/aromatic N) is 3. The molecule has 20 heavy (non-hydrogen) atoms. The van der Waals surface area contributed by atoms with E-state index in [1.165, 1.54) is 11.3 Å². The molecule has 1 aliphatic heterocycles. The first kappa shape index (κ1) is 15.4. The van der Waals surface area contributed by atoms with Crippen LogP contribution in [0.5, 0.6) is 0 Å². The van der Waals surface area contributed by atoms with E-state index >= 15 is 0 Å². The van der Waals surface area contributed by atoms with Gasteiger partial charge in [-0.05, 0) is 19.9 Å². The Bertz CT molecular complexity index is 449. The molecule has 0 spiro atoms. The van der Waals surface area contributed by atoms with Crippen LogP contribution in [0, 0.1) is 0 Å². The molecule has 0 bridgehead atoms. The summed E-state index contributed by atoms with van der Waals surface area (Å²) < 4.78 is 0. The predicted octanol–water partition coefficient (Wildman–Crippen LogP) is 0.303. The Hall–Kier alpha value is -1.02. The van der Waals surface area contributed by atoms with E-state index in [0.717, 1.165) is 31.1 Å². The summed E-state index contributed by atoms with van der Waals surface area (Å²) in [4.78, 5) is 20.8. The van der Waals surface area contributed by atoms with E-state index < -0.39 is 0 Å². The molecule has 1 aromatic rings. The summed E-state index contributed by atoms with van der Waals surface area (Å²) in [6.45, 7) is 5.86. The maximum absolute atomic E-state index is 12.4. The number of amides is 1. The molecule has 112 valence electrons. The summed E-state index contributed by atoms with van der Waals surface area (Å²) in [5.41, 5.74) is 6.27. The number of hydrogen-bond donors (Lipinski definition) is 2. The lowest BCUT2D eigenvalue weighted by atomic mass is 10.3. The SMILES string of the molecule is CC(N)c1nc(C(=O)N2CCCN(CCO)CC2)cs1. The molecular formula is C13H22N4O2S. The molecule has 2 rings (SSSR count). The molecule has 1 amide bonds. The van der Waals surface area contributed by atoms with Gasteiger partial charge in [-0.25, -0.2) is 4.98 Å². The van der Waals surface area contributed by atoms with E-state index in [4.69, 9.17) is 10.8 Å². The van der Waals surface area contributed by atoms with Gasteiger partial charge in [-0.1, -0.05) is 0 Å². The normalized spacial score (nSPS) is 18.9. The van der Waals surface area contributed by atoms with E-state index in [2.05, 4.69) is 9.88 Å². The van der Waals surface area contributed by atoms with Crippen LogP contribution in [0.25, 0.3) is 0 Å². The number of rotatable bonds is 4. The minimum Gasteiger partial charge on any atom is -0.395 e. The number of aromatic nitrogens is 1. The largest absolute Gasteiger partial charge is 0.395 e. The molecule has 0 radical (unpaired) electrons. The molecule has 1 saturated heterocycles. The third kappa shape index (κ3) is 3.76. The third-order valence-electron chi connectivity index (χ3n) is 3.42. The van der Waals surface area contributed by atoms with E-state index in [-0.39, 0.29) is 18.6 Å². The number of hydrogen-bond acceptors (Lipinski definition) is 6. The van der Waals surface area contributed by atoms with Crippen LogP contribution in [0.3, 0.4) is 0 Å². The Morgan fingerprint density at radius 1 is 1.50 bits per heavy atom. The number of carbonyl (C=O) groups excluding carboxylic acids is 1. The van der Waals surface area contributed by atoms with Gasteiger partial charge < -0.3 is 15.7 Å². The zero-order valence-electron chi connectivity index (χ0n) is 11.8. The summed E-state index contributed by atoms with van der Waals surface area (Å²) in [7, 11) is 0. The number of β-amino-alcohol motifs (C(OH)–C–C–N with tert-alkyl or cyclic N) is 1. The number of aliphatic hydroxyl groups excluding tert-OH is 1. The Morgan fingerprint density at radius 3 is 2.95 bits per heavy atom. The van der Waals surface area contributed by atoms with Gasteiger partial charge in [-0.15, -0.1) is 11.3 Å². The Morgan fingerprint density at radius 2 is 2.30 bits per heavy atom. The van der Waals surface area contributed by atoms with Crippen LogP contribution in [0.2, 0.25) is 0 Å². The molecule has 1 atom stereocenters. The van der Waals surface area contributed by atoms with Crippen molar-refractivity contribution in [3.63, 3.8) is 0 Å². The lowest BCUT2D eigenvalue weighted by molar-refractivity contribution is 0.0755. The Balaban J connectivity index is 1.98. The fourth-order valence-electron chi connectivity index (χ4n) is 2.30. The Labute approximate surface area is 123 Å². The molecule has 6 nitrogen and oxygen atoms in total. The molecule has 1 aromatic heterocycles. The minimum absolute atomic E-state index is 0.0148. The van der Waals surface area contributed by atoms with Crippen molar-refractivity contribution in [2.75, 3.05) is 39.3 Å². The van der Waals surface area contributed by atoms with Gasteiger partial charge in [0.1, 0.15) is 10.7 Å². The van der Waals surface area contributed by atoms with Crippen LogP contribution in [0.15, 0.2) is 5.38 Å². The van der Waals surface area contributed by atoms with Crippen molar-refractivity contribution in [2.45, 2.75) is 19.4 Å². The van der Waals surface area contributed by atoms with Crippen LogP contribution in [-0.4, -0.2) is 65.1 Å². The van der Waals surface area contributed by atoms with Gasteiger partial charge in [0.15, 0.2) is 0 Å². The zero-order chi connectivity index (χ0) is 14.5. The van der Waals surface area contributed by atoms with Crippen LogP contribution >= 0.6 is 11.3 Å². The van der Waals surface area contributed by atoms with Gasteiger partial charge in [0.25, 0.3) is 5.91 Å². The quantitative estimate of drug-likeness (QED) is 0.835.